The van der Waals surface area contributed by atoms with Gasteiger partial charge in [0, 0.05) is 5.70 Å². The average molecular weight is 312 g/mol. The summed E-state index contributed by atoms with van der Waals surface area (Å²) >= 11 is 5.81. The molecule has 22 heavy (non-hydrogen) atoms. The lowest BCUT2D eigenvalue weighted by molar-refractivity contribution is -0.127. The normalized spacial score (nSPS) is 13.2. The number of alkyl halides is 1. The summed E-state index contributed by atoms with van der Waals surface area (Å²) in [6.07, 6.45) is 3.95. The van der Waals surface area contributed by atoms with Crippen molar-refractivity contribution in [1.82, 2.24) is 4.90 Å². The minimum Gasteiger partial charge on any atom is -0.311 e. The number of hydrogen-bond acceptors (Lipinski definition) is 1. The molecule has 2 aromatic rings. The second kappa shape index (κ2) is 6.80. The molecular weight excluding hydrogens is 294 g/mol. The maximum absolute atomic E-state index is 12.3. The zero-order chi connectivity index (χ0) is 15.4. The summed E-state index contributed by atoms with van der Waals surface area (Å²) in [4.78, 5) is 14.1. The Morgan fingerprint density at radius 3 is 2.50 bits per heavy atom. The lowest BCUT2D eigenvalue weighted by Gasteiger charge is -2.28. The van der Waals surface area contributed by atoms with Gasteiger partial charge in [-0.15, -0.1) is 11.6 Å². The van der Waals surface area contributed by atoms with E-state index < -0.39 is 0 Å². The van der Waals surface area contributed by atoms with Gasteiger partial charge in [0.05, 0.1) is 6.54 Å². The number of nitrogens with zero attached hydrogens (tertiary/aromatic N) is 1. The fourth-order valence-corrected chi connectivity index (χ4v) is 2.96. The van der Waals surface area contributed by atoms with Crippen LogP contribution in [0.15, 0.2) is 60.3 Å². The SMILES string of the molecule is O=C(CCl)N(Cc1ccccc1)C1=Cc2ccccc2CC1. The maximum atomic E-state index is 12.3. The molecule has 112 valence electrons. The summed E-state index contributed by atoms with van der Waals surface area (Å²) in [6.45, 7) is 0.570. The van der Waals surface area contributed by atoms with Crippen LogP contribution in [0.1, 0.15) is 23.1 Å². The third-order valence-corrected chi connectivity index (χ3v) is 4.20. The Kier molecular flexibility index (Phi) is 4.59. The molecule has 0 aliphatic heterocycles. The van der Waals surface area contributed by atoms with Crippen molar-refractivity contribution in [2.24, 2.45) is 0 Å². The molecule has 2 nitrogen and oxygen atoms in total. The zero-order valence-corrected chi connectivity index (χ0v) is 13.1. The van der Waals surface area contributed by atoms with Crippen molar-refractivity contribution in [3.8, 4) is 0 Å². The van der Waals surface area contributed by atoms with Crippen LogP contribution in [-0.2, 0) is 17.8 Å². The number of fused-ring (bicyclic) bond motifs is 1. The van der Waals surface area contributed by atoms with E-state index in [1.807, 2.05) is 41.3 Å². The first kappa shape index (κ1) is 14.9. The van der Waals surface area contributed by atoms with E-state index in [0.717, 1.165) is 24.1 Å². The van der Waals surface area contributed by atoms with Crippen molar-refractivity contribution < 1.29 is 4.79 Å². The number of benzene rings is 2. The fourth-order valence-electron chi connectivity index (χ4n) is 2.82. The standard InChI is InChI=1S/C19H18ClNO/c20-13-19(22)21(14-15-6-2-1-3-7-15)18-11-10-16-8-4-5-9-17(16)12-18/h1-9,12H,10-11,13-14H2. The first-order valence-corrected chi connectivity index (χ1v) is 8.00. The van der Waals surface area contributed by atoms with Gasteiger partial charge in [0.15, 0.2) is 0 Å². The Labute approximate surface area is 136 Å². The number of amides is 1. The largest absolute Gasteiger partial charge is 0.311 e. The predicted molar refractivity (Wildman–Crippen MR) is 90.5 cm³/mol. The second-order valence-electron chi connectivity index (χ2n) is 5.43. The van der Waals surface area contributed by atoms with Crippen LogP contribution in [-0.4, -0.2) is 16.7 Å². The van der Waals surface area contributed by atoms with E-state index in [4.69, 9.17) is 11.6 Å². The van der Waals surface area contributed by atoms with E-state index in [-0.39, 0.29) is 11.8 Å². The number of rotatable bonds is 4. The lowest BCUT2D eigenvalue weighted by Crippen LogP contribution is -2.31. The highest BCUT2D eigenvalue weighted by Gasteiger charge is 2.20. The second-order valence-corrected chi connectivity index (χ2v) is 5.70. The van der Waals surface area contributed by atoms with E-state index in [9.17, 15) is 4.79 Å². The first-order chi connectivity index (χ1) is 10.8. The van der Waals surface area contributed by atoms with Gasteiger partial charge in [-0.1, -0.05) is 54.6 Å². The van der Waals surface area contributed by atoms with E-state index in [1.54, 1.807) is 0 Å². The van der Waals surface area contributed by atoms with E-state index in [1.165, 1.54) is 11.1 Å². The van der Waals surface area contributed by atoms with E-state index in [2.05, 4.69) is 24.3 Å². The molecular formula is C19H18ClNO. The Morgan fingerprint density at radius 2 is 1.73 bits per heavy atom. The quantitative estimate of drug-likeness (QED) is 0.773. The lowest BCUT2D eigenvalue weighted by atomic mass is 9.94. The number of carbonyl (C=O) groups excluding carboxylic acids is 1. The van der Waals surface area contributed by atoms with Gasteiger partial charge >= 0.3 is 0 Å². The van der Waals surface area contributed by atoms with Crippen molar-refractivity contribution in [2.45, 2.75) is 19.4 Å². The molecule has 0 bridgehead atoms. The van der Waals surface area contributed by atoms with Gasteiger partial charge in [0.1, 0.15) is 5.88 Å². The summed E-state index contributed by atoms with van der Waals surface area (Å²) in [5.74, 6) is -0.0395. The van der Waals surface area contributed by atoms with Crippen LogP contribution in [0.5, 0.6) is 0 Å². The van der Waals surface area contributed by atoms with Crippen LogP contribution in [0.4, 0.5) is 0 Å². The average Bonchev–Trinajstić information content (AvgIpc) is 2.59. The molecule has 3 heteroatoms. The smallest absolute Gasteiger partial charge is 0.241 e. The zero-order valence-electron chi connectivity index (χ0n) is 12.3. The predicted octanol–water partition coefficient (Wildman–Crippen LogP) is 4.24. The Hall–Kier alpha value is -2.06. The summed E-state index contributed by atoms with van der Waals surface area (Å²) in [5.41, 5.74) is 4.70. The van der Waals surface area contributed by atoms with Crippen LogP contribution >= 0.6 is 11.6 Å². The monoisotopic (exact) mass is 311 g/mol. The molecule has 3 rings (SSSR count). The molecule has 0 saturated carbocycles. The van der Waals surface area contributed by atoms with Gasteiger partial charge < -0.3 is 4.90 Å². The van der Waals surface area contributed by atoms with Gasteiger partial charge in [-0.2, -0.15) is 0 Å². The molecule has 0 heterocycles. The molecule has 0 unspecified atom stereocenters. The summed E-state index contributed by atoms with van der Waals surface area (Å²) in [5, 5.41) is 0. The van der Waals surface area contributed by atoms with Crippen LogP contribution in [0.3, 0.4) is 0 Å². The van der Waals surface area contributed by atoms with Gasteiger partial charge in [0.25, 0.3) is 0 Å². The van der Waals surface area contributed by atoms with Crippen molar-refractivity contribution in [3.05, 3.63) is 77.0 Å². The number of aryl methyl sites for hydroxylation is 1. The molecule has 0 aromatic heterocycles. The third kappa shape index (κ3) is 3.23. The minimum absolute atomic E-state index is 0.00577. The number of carbonyl (C=O) groups is 1. The van der Waals surface area contributed by atoms with Gasteiger partial charge in [0.2, 0.25) is 5.91 Å². The van der Waals surface area contributed by atoms with Crippen molar-refractivity contribution in [1.29, 1.82) is 0 Å². The number of allylic oxidation sites excluding steroid dienone is 1. The van der Waals surface area contributed by atoms with Crippen LogP contribution in [0, 0.1) is 0 Å². The number of halogens is 1. The molecule has 0 saturated heterocycles. The highest BCUT2D eigenvalue weighted by molar-refractivity contribution is 6.27. The first-order valence-electron chi connectivity index (χ1n) is 7.46. The number of hydrogen-bond donors (Lipinski definition) is 0. The van der Waals surface area contributed by atoms with E-state index in [0.29, 0.717) is 6.54 Å². The topological polar surface area (TPSA) is 20.3 Å². The molecule has 0 atom stereocenters. The van der Waals surface area contributed by atoms with Gasteiger partial charge in [-0.05, 0) is 35.6 Å². The highest BCUT2D eigenvalue weighted by Crippen LogP contribution is 2.27. The molecule has 0 spiro atoms. The summed E-state index contributed by atoms with van der Waals surface area (Å²) in [6, 6.07) is 18.4. The molecule has 1 aliphatic carbocycles. The minimum atomic E-state index is -0.0452. The third-order valence-electron chi connectivity index (χ3n) is 3.97. The van der Waals surface area contributed by atoms with Crippen molar-refractivity contribution >= 4 is 23.6 Å². The maximum Gasteiger partial charge on any atom is 0.241 e. The van der Waals surface area contributed by atoms with Gasteiger partial charge in [-0.25, -0.2) is 0 Å². The summed E-state index contributed by atoms with van der Waals surface area (Å²) in [7, 11) is 0. The Morgan fingerprint density at radius 1 is 1.00 bits per heavy atom. The molecule has 1 amide bonds. The van der Waals surface area contributed by atoms with Crippen LogP contribution in [0.2, 0.25) is 0 Å². The van der Waals surface area contributed by atoms with Crippen molar-refractivity contribution in [3.63, 3.8) is 0 Å². The highest BCUT2D eigenvalue weighted by atomic mass is 35.5. The molecule has 0 fully saturated rings. The molecule has 1 aliphatic rings. The summed E-state index contributed by atoms with van der Waals surface area (Å²) < 4.78 is 0. The van der Waals surface area contributed by atoms with Gasteiger partial charge in [-0.3, -0.25) is 4.79 Å². The van der Waals surface area contributed by atoms with Crippen LogP contribution < -0.4 is 0 Å². The van der Waals surface area contributed by atoms with Crippen molar-refractivity contribution in [2.75, 3.05) is 5.88 Å². The van der Waals surface area contributed by atoms with Crippen LogP contribution in [0.25, 0.3) is 6.08 Å². The fraction of sp³-hybridized carbons (Fsp3) is 0.211. The Balaban J connectivity index is 1.90. The Bertz CT molecular complexity index is 694. The van der Waals surface area contributed by atoms with E-state index >= 15 is 0 Å². The molecule has 2 aromatic carbocycles. The molecule has 0 N–H and O–H groups in total. The molecule has 0 radical (unpaired) electrons.